The number of amides is 2. The van der Waals surface area contributed by atoms with E-state index in [4.69, 9.17) is 5.73 Å². The molecule has 5 nitrogen and oxygen atoms in total. The predicted octanol–water partition coefficient (Wildman–Crippen LogP) is -0.278. The molecular weight excluding hydrogens is 172 g/mol. The first kappa shape index (κ1) is 11.9. The average Bonchev–Trinajstić information content (AvgIpc) is 2.11. The topological polar surface area (TPSA) is 72.6 Å². The maximum Gasteiger partial charge on any atom is 0.249 e. The first-order valence-corrected chi connectivity index (χ1v) is 3.93. The molecule has 1 unspecified atom stereocenters. The summed E-state index contributed by atoms with van der Waals surface area (Å²) in [5.41, 5.74) is 5.02. The van der Waals surface area contributed by atoms with Crippen LogP contribution in [0.25, 0.3) is 0 Å². The van der Waals surface area contributed by atoms with Crippen molar-refractivity contribution in [3.8, 4) is 0 Å². The highest BCUT2D eigenvalue weighted by atomic mass is 16.7. The monoisotopic (exact) mass is 187 g/mol. The van der Waals surface area contributed by atoms with E-state index >= 15 is 0 Å². The largest absolute Gasteiger partial charge is 0.369 e. The standard InChI is InChI=1S/C8H15N2O3/c1-6(8(9)12)4-5-7(11)10(2)13-3/h5-6H,4H2,1-3H3,(H2,9,12). The fourth-order valence-electron chi connectivity index (χ4n) is 0.612. The molecule has 1 radical (unpaired) electrons. The second kappa shape index (κ2) is 5.53. The van der Waals surface area contributed by atoms with Gasteiger partial charge in [-0.3, -0.25) is 14.4 Å². The molecule has 0 saturated heterocycles. The molecule has 0 fully saturated rings. The molecule has 0 spiro atoms. The van der Waals surface area contributed by atoms with E-state index < -0.39 is 5.91 Å². The fraction of sp³-hybridized carbons (Fsp3) is 0.625. The molecule has 0 bridgehead atoms. The molecular formula is C8H15N2O3. The van der Waals surface area contributed by atoms with Crippen LogP contribution in [0.5, 0.6) is 0 Å². The summed E-state index contributed by atoms with van der Waals surface area (Å²) in [6.07, 6.45) is 1.71. The van der Waals surface area contributed by atoms with Crippen LogP contribution in [-0.2, 0) is 14.4 Å². The van der Waals surface area contributed by atoms with Crippen molar-refractivity contribution >= 4 is 11.8 Å². The number of rotatable bonds is 5. The SMILES string of the molecule is CON(C)C(=O)[CH]CC(C)C(N)=O. The third-order valence-electron chi connectivity index (χ3n) is 1.72. The summed E-state index contributed by atoms with van der Waals surface area (Å²) >= 11 is 0. The van der Waals surface area contributed by atoms with Crippen molar-refractivity contribution in [2.24, 2.45) is 11.7 Å². The summed E-state index contributed by atoms with van der Waals surface area (Å²) < 4.78 is 0. The Hall–Kier alpha value is -1.10. The molecule has 75 valence electrons. The Kier molecular flexibility index (Phi) is 5.06. The van der Waals surface area contributed by atoms with Crippen molar-refractivity contribution < 1.29 is 14.4 Å². The molecule has 1 atom stereocenters. The van der Waals surface area contributed by atoms with Crippen LogP contribution in [0.1, 0.15) is 13.3 Å². The lowest BCUT2D eigenvalue weighted by molar-refractivity contribution is -0.164. The Labute approximate surface area is 77.8 Å². The van der Waals surface area contributed by atoms with Gasteiger partial charge >= 0.3 is 0 Å². The lowest BCUT2D eigenvalue weighted by atomic mass is 10.1. The second-order valence-corrected chi connectivity index (χ2v) is 2.76. The third-order valence-corrected chi connectivity index (χ3v) is 1.72. The summed E-state index contributed by atoms with van der Waals surface area (Å²) in [6.45, 7) is 1.67. The lowest BCUT2D eigenvalue weighted by Crippen LogP contribution is -2.28. The molecule has 0 aromatic heterocycles. The zero-order valence-electron chi connectivity index (χ0n) is 8.11. The van der Waals surface area contributed by atoms with Crippen LogP contribution < -0.4 is 5.73 Å². The molecule has 0 aliphatic carbocycles. The summed E-state index contributed by atoms with van der Waals surface area (Å²) in [7, 11) is 2.89. The number of primary amides is 1. The number of hydrogen-bond donors (Lipinski definition) is 1. The number of nitrogens with zero attached hydrogens (tertiary/aromatic N) is 1. The Balaban J connectivity index is 3.76. The highest BCUT2D eigenvalue weighted by molar-refractivity contribution is 5.85. The number of nitrogens with two attached hydrogens (primary N) is 1. The van der Waals surface area contributed by atoms with Crippen LogP contribution in [0.15, 0.2) is 0 Å². The van der Waals surface area contributed by atoms with Gasteiger partial charge in [-0.05, 0) is 6.42 Å². The number of hydrogen-bond acceptors (Lipinski definition) is 3. The van der Waals surface area contributed by atoms with E-state index in [0.717, 1.165) is 5.06 Å². The van der Waals surface area contributed by atoms with Crippen molar-refractivity contribution in [3.05, 3.63) is 6.42 Å². The number of hydroxylamine groups is 2. The van der Waals surface area contributed by atoms with Crippen molar-refractivity contribution in [1.82, 2.24) is 5.06 Å². The normalized spacial score (nSPS) is 12.2. The smallest absolute Gasteiger partial charge is 0.249 e. The van der Waals surface area contributed by atoms with Gasteiger partial charge in [-0.25, -0.2) is 5.06 Å². The van der Waals surface area contributed by atoms with Gasteiger partial charge in [0.1, 0.15) is 0 Å². The highest BCUT2D eigenvalue weighted by Gasteiger charge is 2.13. The van der Waals surface area contributed by atoms with Gasteiger partial charge in [-0.2, -0.15) is 0 Å². The maximum atomic E-state index is 11.1. The molecule has 0 heterocycles. The zero-order valence-corrected chi connectivity index (χ0v) is 8.11. The molecule has 2 N–H and O–H groups in total. The zero-order chi connectivity index (χ0) is 10.4. The highest BCUT2D eigenvalue weighted by Crippen LogP contribution is 2.04. The van der Waals surface area contributed by atoms with E-state index in [-0.39, 0.29) is 11.8 Å². The fourth-order valence-corrected chi connectivity index (χ4v) is 0.612. The maximum absolute atomic E-state index is 11.1. The molecule has 0 aliphatic rings. The molecule has 0 aromatic carbocycles. The molecule has 2 amide bonds. The predicted molar refractivity (Wildman–Crippen MR) is 47.1 cm³/mol. The van der Waals surface area contributed by atoms with Gasteiger partial charge in [-0.15, -0.1) is 0 Å². The molecule has 5 heteroatoms. The minimum atomic E-state index is -0.413. The van der Waals surface area contributed by atoms with E-state index in [2.05, 4.69) is 4.84 Å². The van der Waals surface area contributed by atoms with Gasteiger partial charge in [0.15, 0.2) is 0 Å². The van der Waals surface area contributed by atoms with E-state index in [1.165, 1.54) is 20.6 Å². The Morgan fingerprint density at radius 1 is 1.62 bits per heavy atom. The lowest BCUT2D eigenvalue weighted by Gasteiger charge is -2.13. The van der Waals surface area contributed by atoms with Crippen LogP contribution in [0.2, 0.25) is 0 Å². The summed E-state index contributed by atoms with van der Waals surface area (Å²) in [5, 5.41) is 1.08. The van der Waals surface area contributed by atoms with Crippen molar-refractivity contribution in [1.29, 1.82) is 0 Å². The van der Waals surface area contributed by atoms with Gasteiger partial charge < -0.3 is 5.73 Å². The summed E-state index contributed by atoms with van der Waals surface area (Å²) in [4.78, 5) is 26.3. The van der Waals surface area contributed by atoms with Crippen LogP contribution in [-0.4, -0.2) is 31.0 Å². The minimum absolute atomic E-state index is 0.282. The van der Waals surface area contributed by atoms with Crippen molar-refractivity contribution in [2.75, 3.05) is 14.2 Å². The van der Waals surface area contributed by atoms with Gasteiger partial charge in [0.25, 0.3) is 0 Å². The summed E-state index contributed by atoms with van der Waals surface area (Å²) in [5.74, 6) is -1.02. The van der Waals surface area contributed by atoms with Crippen molar-refractivity contribution in [3.63, 3.8) is 0 Å². The van der Waals surface area contributed by atoms with E-state index in [0.29, 0.717) is 6.42 Å². The van der Waals surface area contributed by atoms with Crippen LogP contribution in [0.4, 0.5) is 0 Å². The van der Waals surface area contributed by atoms with Crippen LogP contribution in [0, 0.1) is 12.3 Å². The third kappa shape index (κ3) is 4.47. The van der Waals surface area contributed by atoms with Gasteiger partial charge in [0.05, 0.1) is 13.5 Å². The quantitative estimate of drug-likeness (QED) is 0.602. The Morgan fingerprint density at radius 2 is 2.15 bits per heavy atom. The van der Waals surface area contributed by atoms with Crippen LogP contribution in [0.3, 0.4) is 0 Å². The van der Waals surface area contributed by atoms with E-state index in [1.54, 1.807) is 6.92 Å². The molecule has 0 rings (SSSR count). The molecule has 0 aromatic rings. The Morgan fingerprint density at radius 3 is 2.54 bits per heavy atom. The number of carbonyl (C=O) groups is 2. The van der Waals surface area contributed by atoms with Gasteiger partial charge in [0, 0.05) is 13.0 Å². The van der Waals surface area contributed by atoms with Gasteiger partial charge in [-0.1, -0.05) is 6.92 Å². The Bertz CT molecular complexity index is 194. The second-order valence-electron chi connectivity index (χ2n) is 2.76. The van der Waals surface area contributed by atoms with E-state index in [1.807, 2.05) is 0 Å². The first-order valence-electron chi connectivity index (χ1n) is 3.93. The van der Waals surface area contributed by atoms with Gasteiger partial charge in [0.2, 0.25) is 11.8 Å². The minimum Gasteiger partial charge on any atom is -0.369 e. The van der Waals surface area contributed by atoms with Crippen molar-refractivity contribution in [2.45, 2.75) is 13.3 Å². The van der Waals surface area contributed by atoms with Crippen LogP contribution >= 0.6 is 0 Å². The molecule has 0 saturated carbocycles. The summed E-state index contributed by atoms with van der Waals surface area (Å²) in [6, 6.07) is 0. The average molecular weight is 187 g/mol. The van der Waals surface area contributed by atoms with E-state index in [9.17, 15) is 9.59 Å². The first-order chi connectivity index (χ1) is 5.99. The molecule has 13 heavy (non-hydrogen) atoms. The number of carbonyl (C=O) groups excluding carboxylic acids is 2. The molecule has 0 aliphatic heterocycles.